The van der Waals surface area contributed by atoms with Crippen LogP contribution in [0.3, 0.4) is 0 Å². The van der Waals surface area contributed by atoms with Crippen molar-refractivity contribution in [2.75, 3.05) is 13.2 Å². The van der Waals surface area contributed by atoms with E-state index in [0.29, 0.717) is 23.1 Å². The molecule has 2 N–H and O–H groups in total. The number of rotatable bonds is 5. The van der Waals surface area contributed by atoms with Crippen molar-refractivity contribution in [3.63, 3.8) is 0 Å². The molecule has 0 aliphatic heterocycles. The summed E-state index contributed by atoms with van der Waals surface area (Å²) in [5, 5.41) is 10.1. The molecule has 0 atom stereocenters. The number of nitrogens with zero attached hydrogens (tertiary/aromatic N) is 1. The van der Waals surface area contributed by atoms with Gasteiger partial charge in [0, 0.05) is 16.3 Å². The fourth-order valence-electron chi connectivity index (χ4n) is 2.68. The highest BCUT2D eigenvalue weighted by atomic mass is 31.2. The summed E-state index contributed by atoms with van der Waals surface area (Å²) in [6.07, 6.45) is 0. The van der Waals surface area contributed by atoms with Crippen LogP contribution in [0.1, 0.15) is 25.0 Å². The molecule has 0 saturated heterocycles. The summed E-state index contributed by atoms with van der Waals surface area (Å²) in [7, 11) is -4.57. The second-order valence-corrected chi connectivity index (χ2v) is 6.41. The summed E-state index contributed by atoms with van der Waals surface area (Å²) >= 11 is 0. The van der Waals surface area contributed by atoms with Gasteiger partial charge >= 0.3 is 7.60 Å². The van der Waals surface area contributed by atoms with Crippen LogP contribution >= 0.6 is 7.60 Å². The van der Waals surface area contributed by atoms with Gasteiger partial charge in [-0.25, -0.2) is 0 Å². The van der Waals surface area contributed by atoms with E-state index in [0.717, 1.165) is 0 Å². The van der Waals surface area contributed by atoms with Crippen molar-refractivity contribution in [1.29, 1.82) is 5.26 Å². The normalized spacial score (nSPS) is 11.3. The first-order valence-corrected chi connectivity index (χ1v) is 8.79. The summed E-state index contributed by atoms with van der Waals surface area (Å²) in [6, 6.07) is 6.98. The Kier molecular flexibility index (Phi) is 4.96. The molecule has 2 aromatic rings. The lowest BCUT2D eigenvalue weighted by Gasteiger charge is -2.19. The predicted molar refractivity (Wildman–Crippen MR) is 87.4 cm³/mol. The molecule has 6 nitrogen and oxygen atoms in total. The molecule has 0 spiro atoms. The van der Waals surface area contributed by atoms with Crippen molar-refractivity contribution < 1.29 is 23.8 Å². The van der Waals surface area contributed by atoms with E-state index in [-0.39, 0.29) is 28.8 Å². The summed E-state index contributed by atoms with van der Waals surface area (Å²) in [5.74, 6) is 0.588. The zero-order valence-electron chi connectivity index (χ0n) is 13.2. The minimum atomic E-state index is -4.57. The molecule has 0 bridgehead atoms. The first-order valence-electron chi connectivity index (χ1n) is 7.17. The highest BCUT2D eigenvalue weighted by Gasteiger charge is 2.29. The van der Waals surface area contributed by atoms with E-state index in [9.17, 15) is 19.6 Å². The lowest BCUT2D eigenvalue weighted by atomic mass is 9.99. The average Bonchev–Trinajstić information content (AvgIpc) is 2.47. The van der Waals surface area contributed by atoms with Crippen molar-refractivity contribution in [2.24, 2.45) is 0 Å². The Bertz CT molecular complexity index is 835. The second-order valence-electron chi connectivity index (χ2n) is 4.88. The van der Waals surface area contributed by atoms with E-state index in [1.807, 2.05) is 0 Å². The van der Waals surface area contributed by atoms with Crippen molar-refractivity contribution in [3.05, 3.63) is 29.3 Å². The summed E-state index contributed by atoms with van der Waals surface area (Å²) in [4.78, 5) is 19.6. The van der Waals surface area contributed by atoms with Crippen LogP contribution in [0.25, 0.3) is 10.8 Å². The van der Waals surface area contributed by atoms with Crippen LogP contribution < -0.4 is 14.8 Å². The molecule has 0 radical (unpaired) electrons. The van der Waals surface area contributed by atoms with Crippen molar-refractivity contribution in [2.45, 2.75) is 20.8 Å². The molecular weight excluding hydrogens is 317 g/mol. The van der Waals surface area contributed by atoms with Crippen LogP contribution in [0.5, 0.6) is 11.5 Å². The number of fused-ring (bicyclic) bond motifs is 1. The van der Waals surface area contributed by atoms with Gasteiger partial charge in [-0.1, -0.05) is 12.1 Å². The number of ether oxygens (including phenoxy) is 2. The Balaban J connectivity index is 3.08. The Hall–Kier alpha value is -2.06. The first-order chi connectivity index (χ1) is 10.9. The van der Waals surface area contributed by atoms with Crippen LogP contribution in [0.2, 0.25) is 0 Å². The van der Waals surface area contributed by atoms with Crippen LogP contribution in [0.15, 0.2) is 18.2 Å². The van der Waals surface area contributed by atoms with Gasteiger partial charge in [-0.3, -0.25) is 4.57 Å². The molecule has 0 aliphatic carbocycles. The molecule has 23 heavy (non-hydrogen) atoms. The fraction of sp³-hybridized carbons (Fsp3) is 0.312. The zero-order chi connectivity index (χ0) is 17.2. The van der Waals surface area contributed by atoms with Crippen LogP contribution in [-0.4, -0.2) is 23.0 Å². The van der Waals surface area contributed by atoms with Gasteiger partial charge in [0.25, 0.3) is 0 Å². The van der Waals surface area contributed by atoms with Gasteiger partial charge in [-0.15, -0.1) is 0 Å². The minimum absolute atomic E-state index is 0.128. The van der Waals surface area contributed by atoms with E-state index >= 15 is 0 Å². The highest BCUT2D eigenvalue weighted by molar-refractivity contribution is 7.61. The molecule has 7 heteroatoms. The number of hydrogen-bond donors (Lipinski definition) is 2. The molecule has 0 heterocycles. The molecule has 0 unspecified atom stereocenters. The highest BCUT2D eigenvalue weighted by Crippen LogP contribution is 2.44. The molecule has 0 saturated carbocycles. The van der Waals surface area contributed by atoms with E-state index in [2.05, 4.69) is 6.07 Å². The van der Waals surface area contributed by atoms with Gasteiger partial charge < -0.3 is 19.3 Å². The van der Waals surface area contributed by atoms with E-state index in [4.69, 9.17) is 9.47 Å². The minimum Gasteiger partial charge on any atom is -0.493 e. The lowest BCUT2D eigenvalue weighted by Crippen LogP contribution is -2.14. The molecule has 2 rings (SSSR count). The summed E-state index contributed by atoms with van der Waals surface area (Å²) in [5.41, 5.74) is 0.499. The van der Waals surface area contributed by atoms with Crippen LogP contribution in [0, 0.1) is 18.3 Å². The molecule has 0 aromatic heterocycles. The van der Waals surface area contributed by atoms with Gasteiger partial charge in [0.1, 0.15) is 23.1 Å². The number of benzene rings is 2. The fourth-order valence-corrected chi connectivity index (χ4v) is 3.72. The molecular formula is C16H18NO5P. The summed E-state index contributed by atoms with van der Waals surface area (Å²) in [6.45, 7) is 5.74. The maximum Gasteiger partial charge on any atom is 0.357 e. The maximum atomic E-state index is 12.0. The Labute approximate surface area is 134 Å². The van der Waals surface area contributed by atoms with E-state index in [1.165, 1.54) is 0 Å². The largest absolute Gasteiger partial charge is 0.493 e. The zero-order valence-corrected chi connectivity index (χ0v) is 14.1. The molecule has 0 fully saturated rings. The van der Waals surface area contributed by atoms with Crippen molar-refractivity contribution >= 4 is 23.7 Å². The van der Waals surface area contributed by atoms with E-state index in [1.54, 1.807) is 39.0 Å². The second kappa shape index (κ2) is 6.59. The molecule has 122 valence electrons. The summed E-state index contributed by atoms with van der Waals surface area (Å²) < 4.78 is 23.1. The van der Waals surface area contributed by atoms with Crippen LogP contribution in [0.4, 0.5) is 0 Å². The quantitative estimate of drug-likeness (QED) is 0.815. The van der Waals surface area contributed by atoms with Gasteiger partial charge in [0.15, 0.2) is 0 Å². The van der Waals surface area contributed by atoms with E-state index < -0.39 is 7.60 Å². The molecule has 0 amide bonds. The smallest absolute Gasteiger partial charge is 0.357 e. The Morgan fingerprint density at radius 1 is 1.22 bits per heavy atom. The first kappa shape index (κ1) is 17.3. The maximum absolute atomic E-state index is 12.0. The Morgan fingerprint density at radius 2 is 1.87 bits per heavy atom. The van der Waals surface area contributed by atoms with Gasteiger partial charge in [0.05, 0.1) is 18.5 Å². The third-order valence-electron chi connectivity index (χ3n) is 3.45. The standard InChI is InChI=1S/C16H18NO5P/c1-4-21-13-8-6-7-11-14(13)12(9-17)15(22-5-2)10(3)16(11)23(18,19)20/h6-8H,4-5H2,1-3H3,(H2,18,19,20). The average molecular weight is 335 g/mol. The van der Waals surface area contributed by atoms with Crippen molar-refractivity contribution in [3.8, 4) is 17.6 Å². The lowest BCUT2D eigenvalue weighted by molar-refractivity contribution is 0.335. The monoisotopic (exact) mass is 335 g/mol. The third-order valence-corrected chi connectivity index (χ3v) is 4.60. The predicted octanol–water partition coefficient (Wildman–Crippen LogP) is 2.62. The number of nitriles is 1. The van der Waals surface area contributed by atoms with Gasteiger partial charge in [-0.05, 0) is 26.8 Å². The van der Waals surface area contributed by atoms with Crippen LogP contribution in [-0.2, 0) is 4.57 Å². The molecule has 0 aliphatic rings. The topological polar surface area (TPSA) is 99.8 Å². The van der Waals surface area contributed by atoms with Gasteiger partial charge in [-0.2, -0.15) is 5.26 Å². The SMILES string of the molecule is CCOc1c(C)c(P(=O)(O)O)c2cccc(OCC)c2c1C#N. The molecule has 2 aromatic carbocycles. The number of hydrogen-bond acceptors (Lipinski definition) is 4. The Morgan fingerprint density at radius 3 is 2.39 bits per heavy atom. The van der Waals surface area contributed by atoms with Gasteiger partial charge in [0.2, 0.25) is 0 Å². The third kappa shape index (κ3) is 3.04. The van der Waals surface area contributed by atoms with Crippen molar-refractivity contribution in [1.82, 2.24) is 0 Å².